The predicted octanol–water partition coefficient (Wildman–Crippen LogP) is 2.60. The first kappa shape index (κ1) is 12.7. The molecule has 1 saturated carbocycles. The number of carbonyl (C=O) groups is 1. The summed E-state index contributed by atoms with van der Waals surface area (Å²) in [5, 5.41) is 3.47. The first-order valence-electron chi connectivity index (χ1n) is 5.53. The third kappa shape index (κ3) is 2.73. The van der Waals surface area contributed by atoms with Crippen molar-refractivity contribution in [3.05, 3.63) is 33.8 Å². The fourth-order valence-corrected chi connectivity index (χ4v) is 2.22. The van der Waals surface area contributed by atoms with Crippen molar-refractivity contribution in [2.75, 3.05) is 6.54 Å². The summed E-state index contributed by atoms with van der Waals surface area (Å²) in [6, 6.07) is 5.00. The van der Waals surface area contributed by atoms with Crippen LogP contribution in [0.4, 0.5) is 0 Å². The fourth-order valence-electron chi connectivity index (χ4n) is 1.84. The van der Waals surface area contributed by atoms with E-state index in [-0.39, 0.29) is 16.5 Å². The van der Waals surface area contributed by atoms with Gasteiger partial charge in [-0.2, -0.15) is 0 Å². The Morgan fingerprint density at radius 2 is 2.12 bits per heavy atom. The maximum Gasteiger partial charge on any atom is 0.252 e. The topological polar surface area (TPSA) is 55.1 Å². The van der Waals surface area contributed by atoms with Crippen molar-refractivity contribution in [3.63, 3.8) is 0 Å². The second-order valence-electron chi connectivity index (χ2n) is 4.50. The van der Waals surface area contributed by atoms with Gasteiger partial charge in [-0.05, 0) is 31.4 Å². The molecule has 0 radical (unpaired) electrons. The molecule has 92 valence electrons. The van der Waals surface area contributed by atoms with Crippen molar-refractivity contribution in [2.45, 2.75) is 24.8 Å². The van der Waals surface area contributed by atoms with E-state index in [4.69, 9.17) is 28.9 Å². The highest BCUT2D eigenvalue weighted by Gasteiger charge is 2.32. The highest BCUT2D eigenvalue weighted by molar-refractivity contribution is 6.43. The van der Waals surface area contributed by atoms with Crippen molar-refractivity contribution in [1.82, 2.24) is 5.32 Å². The summed E-state index contributed by atoms with van der Waals surface area (Å²) in [6.45, 7) is 0.481. The third-order valence-corrected chi connectivity index (χ3v) is 3.97. The van der Waals surface area contributed by atoms with Crippen molar-refractivity contribution in [3.8, 4) is 0 Å². The molecule has 3 nitrogen and oxygen atoms in total. The van der Waals surface area contributed by atoms with Gasteiger partial charge in [-0.1, -0.05) is 29.3 Å². The highest BCUT2D eigenvalue weighted by Crippen LogP contribution is 2.29. The monoisotopic (exact) mass is 272 g/mol. The Labute approximate surface area is 110 Å². The van der Waals surface area contributed by atoms with Gasteiger partial charge in [0.15, 0.2) is 0 Å². The zero-order valence-electron chi connectivity index (χ0n) is 9.30. The lowest BCUT2D eigenvalue weighted by Gasteiger charge is -2.38. The minimum atomic E-state index is -0.235. The summed E-state index contributed by atoms with van der Waals surface area (Å²) < 4.78 is 0. The second kappa shape index (κ2) is 4.84. The Balaban J connectivity index is 2.02. The number of nitrogens with one attached hydrogen (secondary N) is 1. The lowest BCUT2D eigenvalue weighted by Crippen LogP contribution is -2.54. The molecule has 0 heterocycles. The molecule has 1 aromatic carbocycles. The molecule has 0 unspecified atom stereocenters. The van der Waals surface area contributed by atoms with Gasteiger partial charge in [-0.3, -0.25) is 4.79 Å². The number of nitrogens with two attached hydrogens (primary N) is 1. The van der Waals surface area contributed by atoms with Crippen LogP contribution in [-0.2, 0) is 0 Å². The summed E-state index contributed by atoms with van der Waals surface area (Å²) in [6.07, 6.45) is 3.04. The number of carbonyl (C=O) groups excluding carboxylic acids is 1. The minimum Gasteiger partial charge on any atom is -0.350 e. The van der Waals surface area contributed by atoms with Gasteiger partial charge < -0.3 is 11.1 Å². The van der Waals surface area contributed by atoms with Crippen LogP contribution in [0.25, 0.3) is 0 Å². The summed E-state index contributed by atoms with van der Waals surface area (Å²) >= 11 is 11.8. The molecular weight excluding hydrogens is 259 g/mol. The minimum absolute atomic E-state index is 0.228. The van der Waals surface area contributed by atoms with Crippen LogP contribution < -0.4 is 11.1 Å². The number of hydrogen-bond acceptors (Lipinski definition) is 2. The summed E-state index contributed by atoms with van der Waals surface area (Å²) in [5.41, 5.74) is 6.18. The van der Waals surface area contributed by atoms with Crippen LogP contribution in [0, 0.1) is 0 Å². The van der Waals surface area contributed by atoms with Crippen LogP contribution >= 0.6 is 23.2 Å². The normalized spacial score (nSPS) is 17.4. The Morgan fingerprint density at radius 1 is 1.41 bits per heavy atom. The molecule has 1 aliphatic rings. The Hall–Kier alpha value is -0.770. The van der Waals surface area contributed by atoms with E-state index in [0.29, 0.717) is 17.1 Å². The van der Waals surface area contributed by atoms with E-state index >= 15 is 0 Å². The predicted molar refractivity (Wildman–Crippen MR) is 69.6 cm³/mol. The van der Waals surface area contributed by atoms with Crippen molar-refractivity contribution in [2.24, 2.45) is 5.73 Å². The Kier molecular flexibility index (Phi) is 3.61. The van der Waals surface area contributed by atoms with Gasteiger partial charge in [0.1, 0.15) is 0 Å². The first-order valence-corrected chi connectivity index (χ1v) is 6.28. The highest BCUT2D eigenvalue weighted by atomic mass is 35.5. The summed E-state index contributed by atoms with van der Waals surface area (Å²) in [4.78, 5) is 11.9. The number of amides is 1. The molecule has 0 atom stereocenters. The average molecular weight is 273 g/mol. The second-order valence-corrected chi connectivity index (χ2v) is 5.29. The molecule has 0 aromatic heterocycles. The maximum absolute atomic E-state index is 11.9. The molecule has 1 amide bonds. The van der Waals surface area contributed by atoms with Gasteiger partial charge in [0.2, 0.25) is 0 Å². The largest absolute Gasteiger partial charge is 0.350 e. The molecule has 0 aliphatic heterocycles. The van der Waals surface area contributed by atoms with Crippen LogP contribution in [0.15, 0.2) is 18.2 Å². The molecular formula is C12H14Cl2N2O. The molecule has 17 heavy (non-hydrogen) atoms. The zero-order chi connectivity index (χ0) is 12.5. The molecule has 1 aromatic rings. The standard InChI is InChI=1S/C12H14Cl2N2O/c13-9-4-1-3-8(10(9)14)11(17)16-7-12(15)5-2-6-12/h1,3-4H,2,5-7,15H2,(H,16,17). The van der Waals surface area contributed by atoms with Gasteiger partial charge in [0.25, 0.3) is 5.91 Å². The van der Waals surface area contributed by atoms with Gasteiger partial charge in [-0.25, -0.2) is 0 Å². The Morgan fingerprint density at radius 3 is 2.71 bits per heavy atom. The fraction of sp³-hybridized carbons (Fsp3) is 0.417. The van der Waals surface area contributed by atoms with E-state index < -0.39 is 0 Å². The van der Waals surface area contributed by atoms with Crippen LogP contribution in [-0.4, -0.2) is 18.0 Å². The van der Waals surface area contributed by atoms with E-state index in [1.165, 1.54) is 0 Å². The van der Waals surface area contributed by atoms with Gasteiger partial charge >= 0.3 is 0 Å². The van der Waals surface area contributed by atoms with Crippen LogP contribution in [0.2, 0.25) is 10.0 Å². The van der Waals surface area contributed by atoms with Gasteiger partial charge in [0.05, 0.1) is 15.6 Å². The number of benzene rings is 1. The van der Waals surface area contributed by atoms with Gasteiger partial charge in [0, 0.05) is 12.1 Å². The van der Waals surface area contributed by atoms with E-state index in [0.717, 1.165) is 19.3 Å². The molecule has 0 spiro atoms. The summed E-state index contributed by atoms with van der Waals surface area (Å²) in [7, 11) is 0. The van der Waals surface area contributed by atoms with Crippen LogP contribution in [0.1, 0.15) is 29.6 Å². The quantitative estimate of drug-likeness (QED) is 0.889. The van der Waals surface area contributed by atoms with E-state index in [9.17, 15) is 4.79 Å². The third-order valence-electron chi connectivity index (χ3n) is 3.15. The molecule has 1 fully saturated rings. The SMILES string of the molecule is NC1(CNC(=O)c2cccc(Cl)c2Cl)CCC1. The van der Waals surface area contributed by atoms with Crippen LogP contribution in [0.5, 0.6) is 0 Å². The van der Waals surface area contributed by atoms with Crippen molar-refractivity contribution in [1.29, 1.82) is 0 Å². The first-order chi connectivity index (χ1) is 8.02. The van der Waals surface area contributed by atoms with Crippen molar-refractivity contribution < 1.29 is 4.79 Å². The van der Waals surface area contributed by atoms with Gasteiger partial charge in [-0.15, -0.1) is 0 Å². The molecule has 0 bridgehead atoms. The molecule has 2 rings (SSSR count). The molecule has 1 aliphatic carbocycles. The van der Waals surface area contributed by atoms with E-state index in [2.05, 4.69) is 5.32 Å². The number of hydrogen-bond donors (Lipinski definition) is 2. The maximum atomic E-state index is 11.9. The smallest absolute Gasteiger partial charge is 0.252 e. The molecule has 0 saturated heterocycles. The van der Waals surface area contributed by atoms with E-state index in [1.807, 2.05) is 0 Å². The number of rotatable bonds is 3. The zero-order valence-corrected chi connectivity index (χ0v) is 10.8. The number of halogens is 2. The van der Waals surface area contributed by atoms with Crippen molar-refractivity contribution >= 4 is 29.1 Å². The van der Waals surface area contributed by atoms with E-state index in [1.54, 1.807) is 18.2 Å². The molecule has 5 heteroatoms. The Bertz CT molecular complexity index is 444. The van der Waals surface area contributed by atoms with Crippen LogP contribution in [0.3, 0.4) is 0 Å². The molecule has 3 N–H and O–H groups in total. The summed E-state index contributed by atoms with van der Waals surface area (Å²) in [5.74, 6) is -0.228. The lowest BCUT2D eigenvalue weighted by atomic mass is 9.78. The average Bonchev–Trinajstić information content (AvgIpc) is 2.27. The lowest BCUT2D eigenvalue weighted by molar-refractivity contribution is 0.0930.